The van der Waals surface area contributed by atoms with E-state index in [4.69, 9.17) is 0 Å². The molecule has 6 nitrogen and oxygen atoms in total. The number of alkyl halides is 1. The van der Waals surface area contributed by atoms with Gasteiger partial charge < -0.3 is 0 Å². The molecule has 202 valence electrons. The summed E-state index contributed by atoms with van der Waals surface area (Å²) in [5.74, 6) is -3.34. The van der Waals surface area contributed by atoms with Crippen LogP contribution in [0.25, 0.3) is 22.3 Å². The lowest BCUT2D eigenvalue weighted by Crippen LogP contribution is -2.16. The summed E-state index contributed by atoms with van der Waals surface area (Å²) < 4.78 is 55.5. The SMILES string of the molecule is N#CN=C1C2=CC3c4ccc(C5=CC(F)=NC(F)C5)cc4C(=NC#N)C3C=C2c2ccc(-c3cc(F)nc(F)c3)cc21. The fraction of sp³-hybridized carbons (Fsp3) is 0.125. The largest absolute Gasteiger partial charge is 0.221 e. The average Bonchev–Trinajstić information content (AvgIpc) is 3.42. The highest BCUT2D eigenvalue weighted by Gasteiger charge is 2.42. The Morgan fingerprint density at radius 1 is 0.762 bits per heavy atom. The number of aliphatic imine (C=N–C) groups is 3. The van der Waals surface area contributed by atoms with Crippen LogP contribution in [-0.4, -0.2) is 28.7 Å². The zero-order chi connectivity index (χ0) is 29.1. The molecule has 4 aliphatic rings. The van der Waals surface area contributed by atoms with E-state index in [2.05, 4.69) is 20.0 Å². The second-order valence-electron chi connectivity index (χ2n) is 10.2. The van der Waals surface area contributed by atoms with Gasteiger partial charge in [-0.1, -0.05) is 36.4 Å². The van der Waals surface area contributed by atoms with Crippen molar-refractivity contribution in [2.24, 2.45) is 20.9 Å². The van der Waals surface area contributed by atoms with E-state index in [0.29, 0.717) is 44.8 Å². The number of allylic oxidation sites excluding steroid dienone is 5. The van der Waals surface area contributed by atoms with Crippen LogP contribution >= 0.6 is 0 Å². The molecule has 2 aromatic carbocycles. The number of benzene rings is 2. The van der Waals surface area contributed by atoms with Crippen LogP contribution in [0.3, 0.4) is 0 Å². The van der Waals surface area contributed by atoms with E-state index in [1.165, 1.54) is 6.08 Å². The summed E-state index contributed by atoms with van der Waals surface area (Å²) in [6.07, 6.45) is 7.21. The minimum atomic E-state index is -1.67. The number of nitrogens with zero attached hydrogens (tertiary/aromatic N) is 6. The third-order valence-electron chi connectivity index (χ3n) is 7.94. The van der Waals surface area contributed by atoms with Gasteiger partial charge in [-0.3, -0.25) is 0 Å². The lowest BCUT2D eigenvalue weighted by atomic mass is 9.81. The van der Waals surface area contributed by atoms with Crippen molar-refractivity contribution in [2.75, 3.05) is 0 Å². The number of pyridine rings is 1. The first-order valence-corrected chi connectivity index (χ1v) is 12.9. The Bertz CT molecular complexity index is 1980. The second-order valence-corrected chi connectivity index (χ2v) is 10.2. The van der Waals surface area contributed by atoms with E-state index in [9.17, 15) is 28.1 Å². The topological polar surface area (TPSA) is 97.5 Å². The highest BCUT2D eigenvalue weighted by Crippen LogP contribution is 2.51. The number of rotatable bonds is 2. The Morgan fingerprint density at radius 2 is 1.48 bits per heavy atom. The molecular formula is C32H16F4N6. The van der Waals surface area contributed by atoms with Gasteiger partial charge >= 0.3 is 0 Å². The summed E-state index contributed by atoms with van der Waals surface area (Å²) in [5.41, 5.74) is 7.34. The number of hydrogen-bond acceptors (Lipinski definition) is 6. The van der Waals surface area contributed by atoms with Crippen molar-refractivity contribution in [3.8, 4) is 23.5 Å². The molecule has 7 rings (SSSR count). The zero-order valence-corrected chi connectivity index (χ0v) is 21.5. The number of aromatic nitrogens is 1. The van der Waals surface area contributed by atoms with Crippen molar-refractivity contribution in [3.05, 3.63) is 112 Å². The molecule has 3 aliphatic carbocycles. The van der Waals surface area contributed by atoms with Crippen molar-refractivity contribution in [3.63, 3.8) is 0 Å². The molecule has 0 spiro atoms. The molecule has 1 aromatic heterocycles. The van der Waals surface area contributed by atoms with Gasteiger partial charge in [0.05, 0.1) is 11.4 Å². The van der Waals surface area contributed by atoms with E-state index >= 15 is 0 Å². The maximum Gasteiger partial charge on any atom is 0.216 e. The number of fused-ring (bicyclic) bond motifs is 6. The molecule has 0 N–H and O–H groups in total. The molecule has 3 unspecified atom stereocenters. The molecule has 3 atom stereocenters. The Hall–Kier alpha value is -5.48. The molecule has 0 fully saturated rings. The Kier molecular flexibility index (Phi) is 5.80. The molecule has 0 saturated heterocycles. The van der Waals surface area contributed by atoms with Gasteiger partial charge in [0.1, 0.15) is 0 Å². The molecule has 0 bridgehead atoms. The summed E-state index contributed by atoms with van der Waals surface area (Å²) in [6, 6.07) is 13.0. The smallest absolute Gasteiger partial charge is 0.216 e. The predicted molar refractivity (Wildman–Crippen MR) is 149 cm³/mol. The van der Waals surface area contributed by atoms with Crippen LogP contribution in [0.15, 0.2) is 87.3 Å². The fourth-order valence-electron chi connectivity index (χ4n) is 6.26. The molecule has 0 saturated carbocycles. The van der Waals surface area contributed by atoms with Crippen molar-refractivity contribution in [1.29, 1.82) is 10.5 Å². The second kappa shape index (κ2) is 9.57. The quantitative estimate of drug-likeness (QED) is 0.150. The van der Waals surface area contributed by atoms with Crippen molar-refractivity contribution >= 4 is 28.5 Å². The van der Waals surface area contributed by atoms with Gasteiger partial charge in [-0.25, -0.2) is 9.38 Å². The van der Waals surface area contributed by atoms with Crippen LogP contribution in [-0.2, 0) is 0 Å². The Labute approximate surface area is 236 Å². The molecule has 0 radical (unpaired) electrons. The van der Waals surface area contributed by atoms with Crippen molar-refractivity contribution < 1.29 is 17.6 Å². The number of halogens is 4. The predicted octanol–water partition coefficient (Wildman–Crippen LogP) is 6.77. The Morgan fingerprint density at radius 3 is 2.21 bits per heavy atom. The first-order valence-electron chi connectivity index (χ1n) is 12.9. The van der Waals surface area contributed by atoms with Gasteiger partial charge in [0.25, 0.3) is 0 Å². The van der Waals surface area contributed by atoms with Crippen LogP contribution in [0.1, 0.15) is 40.2 Å². The molecule has 10 heteroatoms. The monoisotopic (exact) mass is 560 g/mol. The fourth-order valence-corrected chi connectivity index (χ4v) is 6.26. The first-order chi connectivity index (χ1) is 20.3. The molecule has 0 amide bonds. The minimum Gasteiger partial charge on any atom is -0.221 e. The third-order valence-corrected chi connectivity index (χ3v) is 7.94. The normalized spacial score (nSPS) is 23.5. The number of dihydropyridines is 1. The summed E-state index contributed by atoms with van der Waals surface area (Å²) in [5, 5.41) is 19.1. The highest BCUT2D eigenvalue weighted by molar-refractivity contribution is 6.31. The lowest BCUT2D eigenvalue weighted by Gasteiger charge is -2.21. The summed E-state index contributed by atoms with van der Waals surface area (Å²) in [7, 11) is 0. The van der Waals surface area contributed by atoms with E-state index in [0.717, 1.165) is 34.4 Å². The maximum absolute atomic E-state index is 14.0. The van der Waals surface area contributed by atoms with Gasteiger partial charge in [0, 0.05) is 47.1 Å². The van der Waals surface area contributed by atoms with Gasteiger partial charge in [-0.05, 0) is 57.2 Å². The zero-order valence-electron chi connectivity index (χ0n) is 21.5. The Balaban J connectivity index is 1.35. The standard InChI is InChI=1S/C32H16F4N6/c33-27-7-17(8-28(34)41-27)15-1-3-19-21-11-26-22(12-25(21)31(39-13-37)23(19)5-15)20-4-2-16(6-24(20)32(26)40-14-38)18-9-29(35)42-30(36)10-18/h1-9,11-12,22,26,30H,10H2. The van der Waals surface area contributed by atoms with Crippen LogP contribution in [0.4, 0.5) is 17.6 Å². The minimum absolute atomic E-state index is 0.0660. The van der Waals surface area contributed by atoms with E-state index < -0.39 is 24.2 Å². The van der Waals surface area contributed by atoms with Gasteiger partial charge in [0.2, 0.25) is 30.2 Å². The van der Waals surface area contributed by atoms with Crippen LogP contribution in [0, 0.1) is 40.7 Å². The number of nitriles is 2. The van der Waals surface area contributed by atoms with Crippen LogP contribution in [0.5, 0.6) is 0 Å². The molecule has 3 aromatic rings. The van der Waals surface area contributed by atoms with E-state index in [-0.39, 0.29) is 18.3 Å². The average molecular weight is 561 g/mol. The highest BCUT2D eigenvalue weighted by atomic mass is 19.2. The lowest BCUT2D eigenvalue weighted by molar-refractivity contribution is 0.349. The van der Waals surface area contributed by atoms with Crippen molar-refractivity contribution in [1.82, 2.24) is 4.98 Å². The first kappa shape index (κ1) is 25.5. The third kappa shape index (κ3) is 4.00. The maximum atomic E-state index is 14.0. The van der Waals surface area contributed by atoms with Crippen LogP contribution in [0.2, 0.25) is 0 Å². The number of hydrogen-bond donors (Lipinski definition) is 0. The van der Waals surface area contributed by atoms with Crippen LogP contribution < -0.4 is 0 Å². The van der Waals surface area contributed by atoms with Gasteiger partial charge in [0.15, 0.2) is 6.30 Å². The van der Waals surface area contributed by atoms with E-state index in [1.54, 1.807) is 30.3 Å². The summed E-state index contributed by atoms with van der Waals surface area (Å²) in [4.78, 5) is 14.7. The molecule has 42 heavy (non-hydrogen) atoms. The van der Waals surface area contributed by atoms with Gasteiger partial charge in [-0.2, -0.15) is 38.7 Å². The van der Waals surface area contributed by atoms with Gasteiger partial charge in [-0.15, -0.1) is 0 Å². The molecule has 1 aliphatic heterocycles. The summed E-state index contributed by atoms with van der Waals surface area (Å²) >= 11 is 0. The van der Waals surface area contributed by atoms with Crippen molar-refractivity contribution in [2.45, 2.75) is 18.6 Å². The van der Waals surface area contributed by atoms with E-state index in [1.807, 2.05) is 30.6 Å². The summed E-state index contributed by atoms with van der Waals surface area (Å²) in [6.45, 7) is 0. The molecule has 2 heterocycles. The molecular weight excluding hydrogens is 544 g/mol.